The highest BCUT2D eigenvalue weighted by Gasteiger charge is 2.53. The van der Waals surface area contributed by atoms with E-state index in [-0.39, 0.29) is 5.91 Å². The van der Waals surface area contributed by atoms with Crippen molar-refractivity contribution >= 4 is 35.0 Å². The summed E-state index contributed by atoms with van der Waals surface area (Å²) >= 11 is 3.27. The van der Waals surface area contributed by atoms with Crippen molar-refractivity contribution < 1.29 is 14.7 Å². The molecule has 36 heavy (non-hydrogen) atoms. The maximum atomic E-state index is 14.1. The van der Waals surface area contributed by atoms with E-state index in [9.17, 15) is 14.7 Å². The van der Waals surface area contributed by atoms with Crippen LogP contribution >= 0.6 is 23.1 Å². The number of thiophene rings is 1. The fourth-order valence-electron chi connectivity index (χ4n) is 4.30. The zero-order valence-corrected chi connectivity index (χ0v) is 23.9. The second-order valence-electron chi connectivity index (χ2n) is 9.69. The highest BCUT2D eigenvalue weighted by Crippen LogP contribution is 2.50. The Balaban J connectivity index is 1.87. The predicted molar refractivity (Wildman–Crippen MR) is 153 cm³/mol. The number of carbonyl (C=O) groups excluding carboxylic acids is 1. The lowest BCUT2D eigenvalue weighted by Gasteiger charge is -2.29. The Hall–Kier alpha value is -2.31. The van der Waals surface area contributed by atoms with E-state index in [4.69, 9.17) is 0 Å². The standard InChI is InChI=1S/C30H39NO3S2/c1-6-21(3)27(36-23(5)22(4)28(32)33)20-31(18-8-10-26-11-9-19-35-26)29(34)30(16-17-30)25-14-12-24(7-2)13-15-25/h9,11-15,19H,6-8,10,16-18,20H2,1-5H3,(H,32,33)/b23-22+,27-21+. The number of carboxylic acids is 1. The third kappa shape index (κ3) is 6.92. The van der Waals surface area contributed by atoms with Crippen LogP contribution in [-0.4, -0.2) is 35.0 Å². The van der Waals surface area contributed by atoms with Gasteiger partial charge in [0.15, 0.2) is 0 Å². The van der Waals surface area contributed by atoms with Gasteiger partial charge in [-0.2, -0.15) is 0 Å². The van der Waals surface area contributed by atoms with Crippen LogP contribution in [0.5, 0.6) is 0 Å². The van der Waals surface area contributed by atoms with Gasteiger partial charge in [0, 0.05) is 21.9 Å². The maximum absolute atomic E-state index is 14.1. The molecule has 0 aliphatic heterocycles. The molecule has 1 aliphatic carbocycles. The van der Waals surface area contributed by atoms with Gasteiger partial charge in [-0.1, -0.05) is 61.5 Å². The van der Waals surface area contributed by atoms with E-state index in [1.165, 1.54) is 27.8 Å². The average Bonchev–Trinajstić information content (AvgIpc) is 3.54. The molecule has 3 rings (SSSR count). The van der Waals surface area contributed by atoms with Crippen molar-refractivity contribution in [1.82, 2.24) is 4.90 Å². The molecule has 2 aromatic rings. The van der Waals surface area contributed by atoms with Gasteiger partial charge in [-0.15, -0.1) is 11.3 Å². The van der Waals surface area contributed by atoms with Gasteiger partial charge in [-0.25, -0.2) is 4.79 Å². The van der Waals surface area contributed by atoms with Crippen molar-refractivity contribution in [1.29, 1.82) is 0 Å². The van der Waals surface area contributed by atoms with Crippen molar-refractivity contribution in [3.8, 4) is 0 Å². The monoisotopic (exact) mass is 525 g/mol. The zero-order chi connectivity index (χ0) is 26.3. The van der Waals surface area contributed by atoms with Gasteiger partial charge in [-0.3, -0.25) is 4.79 Å². The van der Waals surface area contributed by atoms with E-state index in [0.717, 1.165) is 53.9 Å². The number of aliphatic carboxylic acids is 1. The van der Waals surface area contributed by atoms with Crippen LogP contribution in [0.15, 0.2) is 62.7 Å². The highest BCUT2D eigenvalue weighted by molar-refractivity contribution is 8.06. The summed E-state index contributed by atoms with van der Waals surface area (Å²) in [5.74, 6) is -0.693. The summed E-state index contributed by atoms with van der Waals surface area (Å²) in [6, 6.07) is 12.8. The normalized spacial score (nSPS) is 15.7. The first-order valence-corrected chi connectivity index (χ1v) is 14.6. The molecule has 1 aromatic carbocycles. The molecule has 1 aromatic heterocycles. The lowest BCUT2D eigenvalue weighted by Crippen LogP contribution is -2.41. The van der Waals surface area contributed by atoms with Crippen molar-refractivity contribution in [3.63, 3.8) is 0 Å². The SMILES string of the molecule is CC/C(C)=C(\CN(CCCc1cccs1)C(=O)C1(c2ccc(CC)cc2)CC1)S/C(C)=C(\C)C(=O)O. The minimum atomic E-state index is -0.898. The largest absolute Gasteiger partial charge is 0.478 e. The molecule has 0 atom stereocenters. The molecule has 1 N–H and O–H groups in total. The molecule has 4 nitrogen and oxygen atoms in total. The van der Waals surface area contributed by atoms with Crippen LogP contribution in [-0.2, 0) is 27.8 Å². The Morgan fingerprint density at radius 3 is 2.31 bits per heavy atom. The van der Waals surface area contributed by atoms with Gasteiger partial charge < -0.3 is 10.0 Å². The number of carbonyl (C=O) groups is 2. The topological polar surface area (TPSA) is 57.6 Å². The van der Waals surface area contributed by atoms with Gasteiger partial charge in [0.2, 0.25) is 5.91 Å². The smallest absolute Gasteiger partial charge is 0.332 e. The number of hydrogen-bond acceptors (Lipinski definition) is 4. The summed E-state index contributed by atoms with van der Waals surface area (Å²) in [4.78, 5) is 30.9. The lowest BCUT2D eigenvalue weighted by molar-refractivity contribution is -0.134. The minimum absolute atomic E-state index is 0.205. The van der Waals surface area contributed by atoms with E-state index in [2.05, 4.69) is 62.5 Å². The molecule has 0 bridgehead atoms. The summed E-state index contributed by atoms with van der Waals surface area (Å²) in [6.07, 6.45) is 5.48. The fourth-order valence-corrected chi connectivity index (χ4v) is 6.20. The lowest BCUT2D eigenvalue weighted by atomic mass is 9.92. The Labute approximate surface area is 224 Å². The number of aryl methyl sites for hydroxylation is 2. The third-order valence-electron chi connectivity index (χ3n) is 7.26. The molecule has 0 saturated heterocycles. The summed E-state index contributed by atoms with van der Waals surface area (Å²) < 4.78 is 0. The zero-order valence-electron chi connectivity index (χ0n) is 22.2. The van der Waals surface area contributed by atoms with Crippen molar-refractivity contribution in [3.05, 3.63) is 78.7 Å². The van der Waals surface area contributed by atoms with E-state index >= 15 is 0 Å². The number of carboxylic acid groups (broad SMARTS) is 1. The fraction of sp³-hybridized carbons (Fsp3) is 0.467. The molecular weight excluding hydrogens is 486 g/mol. The van der Waals surface area contributed by atoms with Crippen LogP contribution in [0.25, 0.3) is 0 Å². The molecule has 0 spiro atoms. The predicted octanol–water partition coefficient (Wildman–Crippen LogP) is 7.60. The van der Waals surface area contributed by atoms with Crippen molar-refractivity contribution in [2.24, 2.45) is 0 Å². The molecular formula is C30H39NO3S2. The first-order chi connectivity index (χ1) is 17.2. The number of benzene rings is 1. The van der Waals surface area contributed by atoms with E-state index in [1.54, 1.807) is 18.3 Å². The molecule has 0 radical (unpaired) electrons. The number of amides is 1. The van der Waals surface area contributed by atoms with Gasteiger partial charge in [0.05, 0.1) is 12.0 Å². The molecule has 1 heterocycles. The molecule has 1 amide bonds. The molecule has 1 saturated carbocycles. The maximum Gasteiger partial charge on any atom is 0.332 e. The van der Waals surface area contributed by atoms with Gasteiger partial charge in [0.25, 0.3) is 0 Å². The van der Waals surface area contributed by atoms with Crippen molar-refractivity contribution in [2.45, 2.75) is 78.6 Å². The van der Waals surface area contributed by atoms with Crippen LogP contribution in [0.3, 0.4) is 0 Å². The summed E-state index contributed by atoms with van der Waals surface area (Å²) in [5, 5.41) is 11.6. The quantitative estimate of drug-likeness (QED) is 0.274. The van der Waals surface area contributed by atoms with Crippen molar-refractivity contribution in [2.75, 3.05) is 13.1 Å². The highest BCUT2D eigenvalue weighted by atomic mass is 32.2. The second kappa shape index (κ2) is 12.8. The molecule has 0 unspecified atom stereocenters. The Kier molecular flexibility index (Phi) is 10.0. The molecule has 1 fully saturated rings. The van der Waals surface area contributed by atoms with Crippen LogP contribution in [0.4, 0.5) is 0 Å². The minimum Gasteiger partial charge on any atom is -0.478 e. The molecule has 194 valence electrons. The Morgan fingerprint density at radius 2 is 1.78 bits per heavy atom. The molecule has 1 aliphatic rings. The van der Waals surface area contributed by atoms with Gasteiger partial charge in [0.1, 0.15) is 0 Å². The summed E-state index contributed by atoms with van der Waals surface area (Å²) in [7, 11) is 0. The average molecular weight is 526 g/mol. The van der Waals surface area contributed by atoms with E-state index in [1.807, 2.05) is 11.8 Å². The number of allylic oxidation sites excluding steroid dienone is 2. The Morgan fingerprint density at radius 1 is 1.08 bits per heavy atom. The van der Waals surface area contributed by atoms with Crippen LogP contribution < -0.4 is 0 Å². The van der Waals surface area contributed by atoms with Crippen LogP contribution in [0.1, 0.15) is 76.3 Å². The number of nitrogens with zero attached hydrogens (tertiary/aromatic N) is 1. The number of rotatable bonds is 13. The van der Waals surface area contributed by atoms with Crippen LogP contribution in [0, 0.1) is 0 Å². The first-order valence-electron chi connectivity index (χ1n) is 12.9. The van der Waals surface area contributed by atoms with E-state index < -0.39 is 11.4 Å². The number of hydrogen-bond donors (Lipinski definition) is 1. The number of thioether (sulfide) groups is 1. The summed E-state index contributed by atoms with van der Waals surface area (Å²) in [6.45, 7) is 11.1. The molecule has 6 heteroatoms. The third-order valence-corrected chi connectivity index (χ3v) is 9.53. The van der Waals surface area contributed by atoms with Gasteiger partial charge in [-0.05, 0) is 86.8 Å². The summed E-state index contributed by atoms with van der Waals surface area (Å²) in [5.41, 5.74) is 3.53. The second-order valence-corrected chi connectivity index (χ2v) is 12.0. The van der Waals surface area contributed by atoms with Crippen LogP contribution in [0.2, 0.25) is 0 Å². The van der Waals surface area contributed by atoms with E-state index in [0.29, 0.717) is 18.7 Å². The first kappa shape index (κ1) is 28.3. The Bertz CT molecular complexity index is 1110. The van der Waals surface area contributed by atoms with Gasteiger partial charge >= 0.3 is 5.97 Å².